The Balaban J connectivity index is 1.08. The summed E-state index contributed by atoms with van der Waals surface area (Å²) in [6, 6.07) is 10.3. The Morgan fingerprint density at radius 1 is 1.10 bits per heavy atom. The van der Waals surface area contributed by atoms with E-state index in [1.807, 2.05) is 38.3 Å². The Kier molecular flexibility index (Phi) is 8.26. The molecule has 0 amide bonds. The van der Waals surface area contributed by atoms with E-state index in [4.69, 9.17) is 4.74 Å². The lowest BCUT2D eigenvalue weighted by Gasteiger charge is -2.38. The summed E-state index contributed by atoms with van der Waals surface area (Å²) in [5, 5.41) is 11.0. The minimum Gasteiger partial charge on any atom is -0.491 e. The quantitative estimate of drug-likeness (QED) is 0.378. The Labute approximate surface area is 234 Å². The highest BCUT2D eigenvalue weighted by Crippen LogP contribution is 2.48. The third kappa shape index (κ3) is 6.94. The number of aromatic nitrogens is 1. The molecule has 0 saturated carbocycles. The topological polar surface area (TPSA) is 61.2 Å². The van der Waals surface area contributed by atoms with Crippen molar-refractivity contribution < 1.29 is 23.0 Å². The first-order chi connectivity index (χ1) is 18.5. The van der Waals surface area contributed by atoms with Crippen LogP contribution in [0.3, 0.4) is 0 Å². The number of halogens is 3. The lowest BCUT2D eigenvalue weighted by Crippen LogP contribution is -2.52. The van der Waals surface area contributed by atoms with Gasteiger partial charge in [-0.15, -0.1) is 23.1 Å². The Bertz CT molecular complexity index is 1340. The molecule has 3 aromatic rings. The second-order valence-corrected chi connectivity index (χ2v) is 13.4. The first-order valence-electron chi connectivity index (χ1n) is 13.0. The third-order valence-electron chi connectivity index (χ3n) is 7.02. The van der Waals surface area contributed by atoms with E-state index in [1.165, 1.54) is 17.8 Å². The molecule has 11 heteroatoms. The van der Waals surface area contributed by atoms with Gasteiger partial charge in [0.25, 0.3) is 0 Å². The predicted octanol–water partition coefficient (Wildman–Crippen LogP) is 5.56. The van der Waals surface area contributed by atoms with Crippen molar-refractivity contribution >= 4 is 39.5 Å². The summed E-state index contributed by atoms with van der Waals surface area (Å²) in [6.07, 6.45) is -3.20. The minimum atomic E-state index is -4.41. The molecule has 0 spiro atoms. The number of piperazine rings is 1. The van der Waals surface area contributed by atoms with Crippen LogP contribution in [0.5, 0.6) is 5.75 Å². The molecule has 1 N–H and O–H groups in total. The maximum Gasteiger partial charge on any atom is 0.416 e. The molecule has 3 atom stereocenters. The molecule has 5 rings (SSSR count). The number of alkyl halides is 3. The fourth-order valence-electron chi connectivity index (χ4n) is 5.12. The monoisotopic (exact) mass is 578 g/mol. The van der Waals surface area contributed by atoms with Gasteiger partial charge in [0.1, 0.15) is 23.8 Å². The molecule has 2 aliphatic heterocycles. The van der Waals surface area contributed by atoms with E-state index in [2.05, 4.69) is 19.8 Å². The summed E-state index contributed by atoms with van der Waals surface area (Å²) in [6.45, 7) is 10.4. The molecular weight excluding hydrogens is 545 g/mol. The number of aryl methyl sites for hydroxylation is 2. The molecule has 1 aromatic heterocycles. The number of ether oxygens (including phenoxy) is 1. The van der Waals surface area contributed by atoms with Gasteiger partial charge in [0.05, 0.1) is 25.5 Å². The van der Waals surface area contributed by atoms with Crippen molar-refractivity contribution in [2.45, 2.75) is 43.2 Å². The standard InChI is InChI=1S/C28H33F3N4O2S2/c1-18-4-6-22(23(12-18)28(29,30)31)26-32-16-27(3,39-26)17-35-10-8-34(9-11-35)14-20(36)15-37-21-5-7-25-24(13-21)33-19(2)38-25/h4-7,12-13,16,20,26,36H,8-11,14-15,17H2,1-3H3/t20-,26?,27?/m0/s1. The summed E-state index contributed by atoms with van der Waals surface area (Å²) >= 11 is 3.12. The zero-order chi connectivity index (χ0) is 27.8. The van der Waals surface area contributed by atoms with E-state index in [9.17, 15) is 18.3 Å². The van der Waals surface area contributed by atoms with E-state index in [0.29, 0.717) is 24.4 Å². The van der Waals surface area contributed by atoms with Crippen LogP contribution in [0.15, 0.2) is 41.4 Å². The highest BCUT2D eigenvalue weighted by molar-refractivity contribution is 8.01. The van der Waals surface area contributed by atoms with Crippen LogP contribution in [0.4, 0.5) is 13.2 Å². The molecule has 2 aromatic carbocycles. The number of aliphatic imine (C=N–C) groups is 1. The van der Waals surface area contributed by atoms with Crippen LogP contribution >= 0.6 is 23.1 Å². The van der Waals surface area contributed by atoms with Gasteiger partial charge in [-0.3, -0.25) is 14.8 Å². The van der Waals surface area contributed by atoms with Crippen LogP contribution in [0.1, 0.15) is 34.0 Å². The van der Waals surface area contributed by atoms with Crippen molar-refractivity contribution in [3.8, 4) is 5.75 Å². The summed E-state index contributed by atoms with van der Waals surface area (Å²) in [4.78, 5) is 13.5. The molecular formula is C28H33F3N4O2S2. The highest BCUT2D eigenvalue weighted by atomic mass is 32.2. The number of hydrogen-bond acceptors (Lipinski definition) is 8. The molecule has 1 fully saturated rings. The van der Waals surface area contributed by atoms with E-state index in [1.54, 1.807) is 30.4 Å². The Morgan fingerprint density at radius 3 is 2.59 bits per heavy atom. The zero-order valence-corrected chi connectivity index (χ0v) is 23.9. The number of thioether (sulfide) groups is 1. The Hall–Kier alpha value is -2.18. The van der Waals surface area contributed by atoms with E-state index >= 15 is 0 Å². The molecule has 1 saturated heterocycles. The number of hydrogen-bond donors (Lipinski definition) is 1. The summed E-state index contributed by atoms with van der Waals surface area (Å²) in [5.41, 5.74) is 1.12. The minimum absolute atomic E-state index is 0.209. The van der Waals surface area contributed by atoms with Crippen LogP contribution in [-0.2, 0) is 6.18 Å². The number of nitrogens with zero attached hydrogens (tertiary/aromatic N) is 4. The molecule has 2 unspecified atom stereocenters. The first kappa shape index (κ1) is 28.4. The predicted molar refractivity (Wildman–Crippen MR) is 152 cm³/mol. The van der Waals surface area contributed by atoms with Gasteiger partial charge in [-0.1, -0.05) is 17.7 Å². The van der Waals surface area contributed by atoms with Gasteiger partial charge in [0.2, 0.25) is 0 Å². The molecule has 2 aliphatic rings. The Morgan fingerprint density at radius 2 is 1.85 bits per heavy atom. The van der Waals surface area contributed by atoms with Gasteiger partial charge in [-0.2, -0.15) is 13.2 Å². The maximum atomic E-state index is 13.7. The summed E-state index contributed by atoms with van der Waals surface area (Å²) in [5.74, 6) is 0.701. The van der Waals surface area contributed by atoms with Crippen LogP contribution in [0.2, 0.25) is 0 Å². The molecule has 0 aliphatic carbocycles. The zero-order valence-electron chi connectivity index (χ0n) is 22.2. The number of aliphatic hydroxyl groups excluding tert-OH is 1. The number of aliphatic hydroxyl groups is 1. The summed E-state index contributed by atoms with van der Waals surface area (Å²) < 4.78 is 47.6. The fourth-order valence-corrected chi connectivity index (χ4v) is 7.27. The number of β-amino-alcohol motifs (C(OH)–C–C–N with tert-alkyl or cyclic N) is 1. The second-order valence-electron chi connectivity index (χ2n) is 10.6. The third-order valence-corrected chi connectivity index (χ3v) is 9.35. The molecule has 3 heterocycles. The van der Waals surface area contributed by atoms with Gasteiger partial charge >= 0.3 is 6.18 Å². The van der Waals surface area contributed by atoms with Crippen molar-refractivity contribution in [2.24, 2.45) is 4.99 Å². The average molecular weight is 579 g/mol. The fraction of sp³-hybridized carbons (Fsp3) is 0.500. The van der Waals surface area contributed by atoms with Crippen molar-refractivity contribution in [2.75, 3.05) is 45.9 Å². The van der Waals surface area contributed by atoms with E-state index in [-0.39, 0.29) is 16.9 Å². The van der Waals surface area contributed by atoms with E-state index in [0.717, 1.165) is 41.4 Å². The molecule has 0 radical (unpaired) electrons. The van der Waals surface area contributed by atoms with Crippen LogP contribution < -0.4 is 4.74 Å². The van der Waals surface area contributed by atoms with E-state index < -0.39 is 23.2 Å². The van der Waals surface area contributed by atoms with Crippen molar-refractivity contribution in [1.29, 1.82) is 0 Å². The van der Waals surface area contributed by atoms with Gasteiger partial charge in [-0.25, -0.2) is 4.98 Å². The lowest BCUT2D eigenvalue weighted by molar-refractivity contribution is -0.138. The van der Waals surface area contributed by atoms with Gasteiger partial charge < -0.3 is 9.84 Å². The number of thiazole rings is 1. The molecule has 39 heavy (non-hydrogen) atoms. The second kappa shape index (κ2) is 11.4. The lowest BCUT2D eigenvalue weighted by atomic mass is 10.0. The van der Waals surface area contributed by atoms with Crippen molar-refractivity contribution in [3.63, 3.8) is 0 Å². The van der Waals surface area contributed by atoms with Crippen molar-refractivity contribution in [3.05, 3.63) is 58.1 Å². The number of rotatable bonds is 8. The molecule has 210 valence electrons. The van der Waals surface area contributed by atoms with Crippen LogP contribution in [0.25, 0.3) is 10.2 Å². The normalized spacial score (nSPS) is 23.5. The highest BCUT2D eigenvalue weighted by Gasteiger charge is 2.40. The number of fused-ring (bicyclic) bond motifs is 1. The maximum absolute atomic E-state index is 13.7. The average Bonchev–Trinajstić information content (AvgIpc) is 3.44. The van der Waals surface area contributed by atoms with Gasteiger partial charge in [0, 0.05) is 51.5 Å². The number of benzene rings is 2. The first-order valence-corrected chi connectivity index (χ1v) is 14.7. The van der Waals surface area contributed by atoms with Crippen LogP contribution in [-0.4, -0.2) is 82.8 Å². The van der Waals surface area contributed by atoms with Crippen molar-refractivity contribution in [1.82, 2.24) is 14.8 Å². The molecule has 0 bridgehead atoms. The molecule has 6 nitrogen and oxygen atoms in total. The van der Waals surface area contributed by atoms with Gasteiger partial charge in [0.15, 0.2) is 0 Å². The smallest absolute Gasteiger partial charge is 0.416 e. The SMILES string of the molecule is Cc1ccc(C2N=CC(C)(CN3CCN(C[C@H](O)COc4ccc5sc(C)nc5c4)CC3)S2)c(C(F)(F)F)c1. The summed E-state index contributed by atoms with van der Waals surface area (Å²) in [7, 11) is 0. The van der Waals surface area contributed by atoms with Gasteiger partial charge in [-0.05, 0) is 44.5 Å². The van der Waals surface area contributed by atoms with Crippen LogP contribution in [0, 0.1) is 13.8 Å². The largest absolute Gasteiger partial charge is 0.491 e.